The summed E-state index contributed by atoms with van der Waals surface area (Å²) in [6.07, 6.45) is 6.35. The quantitative estimate of drug-likeness (QED) is 0.845. The van der Waals surface area contributed by atoms with Gasteiger partial charge in [-0.15, -0.1) is 0 Å². The second-order valence-corrected chi connectivity index (χ2v) is 4.87. The van der Waals surface area contributed by atoms with E-state index in [9.17, 15) is 4.79 Å². The van der Waals surface area contributed by atoms with Gasteiger partial charge in [0, 0.05) is 37.8 Å². The second kappa shape index (κ2) is 4.87. The number of likely N-dealkylation sites (tertiary alicyclic amines) is 1. The molecule has 2 rings (SSSR count). The predicted molar refractivity (Wildman–Crippen MR) is 65.2 cm³/mol. The average Bonchev–Trinajstić information content (AvgIpc) is 2.83. The van der Waals surface area contributed by atoms with Crippen molar-refractivity contribution in [1.82, 2.24) is 14.7 Å². The van der Waals surface area contributed by atoms with E-state index >= 15 is 0 Å². The molecule has 2 atom stereocenters. The van der Waals surface area contributed by atoms with Gasteiger partial charge in [-0.05, 0) is 19.8 Å². The van der Waals surface area contributed by atoms with Gasteiger partial charge in [-0.2, -0.15) is 5.10 Å². The van der Waals surface area contributed by atoms with Gasteiger partial charge in [0.1, 0.15) is 0 Å². The topological polar surface area (TPSA) is 64.2 Å². The molecule has 5 heteroatoms. The summed E-state index contributed by atoms with van der Waals surface area (Å²) in [5, 5.41) is 4.17. The summed E-state index contributed by atoms with van der Waals surface area (Å²) in [5.74, 6) is 0.159. The van der Waals surface area contributed by atoms with Gasteiger partial charge in [0.25, 0.3) is 0 Å². The molecule has 1 aromatic heterocycles. The fourth-order valence-electron chi connectivity index (χ4n) is 2.42. The Labute approximate surface area is 102 Å². The van der Waals surface area contributed by atoms with Crippen LogP contribution in [-0.4, -0.2) is 33.2 Å². The van der Waals surface area contributed by atoms with E-state index < -0.39 is 0 Å². The normalized spacial score (nSPS) is 21.8. The van der Waals surface area contributed by atoms with Crippen LogP contribution in [0.4, 0.5) is 0 Å². The summed E-state index contributed by atoms with van der Waals surface area (Å²) in [6, 6.07) is 0.118. The lowest BCUT2D eigenvalue weighted by atomic mass is 10.1. The predicted octanol–water partition coefficient (Wildman–Crippen LogP) is 0.821. The van der Waals surface area contributed by atoms with Gasteiger partial charge in [0.2, 0.25) is 5.91 Å². The molecule has 94 valence electrons. The summed E-state index contributed by atoms with van der Waals surface area (Å²) in [7, 11) is 1.90. The molecule has 1 aliphatic heterocycles. The molecule has 1 saturated heterocycles. The molecule has 0 aromatic carbocycles. The van der Waals surface area contributed by atoms with Crippen LogP contribution in [0.25, 0.3) is 0 Å². The number of nitrogens with two attached hydrogens (primary N) is 1. The van der Waals surface area contributed by atoms with Crippen LogP contribution in [0.3, 0.4) is 0 Å². The third kappa shape index (κ3) is 2.66. The van der Waals surface area contributed by atoms with Crippen molar-refractivity contribution in [3.05, 3.63) is 18.0 Å². The van der Waals surface area contributed by atoms with Crippen LogP contribution >= 0.6 is 0 Å². The lowest BCUT2D eigenvalue weighted by Gasteiger charge is -2.24. The smallest absolute Gasteiger partial charge is 0.224 e. The molecule has 0 bridgehead atoms. The molecule has 0 spiro atoms. The fourth-order valence-corrected chi connectivity index (χ4v) is 2.42. The highest BCUT2D eigenvalue weighted by Gasteiger charge is 2.30. The zero-order chi connectivity index (χ0) is 12.4. The Balaban J connectivity index is 2.09. The number of carbonyl (C=O) groups is 1. The third-order valence-electron chi connectivity index (χ3n) is 3.18. The van der Waals surface area contributed by atoms with E-state index in [2.05, 4.69) is 5.10 Å². The van der Waals surface area contributed by atoms with Gasteiger partial charge >= 0.3 is 0 Å². The van der Waals surface area contributed by atoms with E-state index in [0.29, 0.717) is 6.42 Å². The lowest BCUT2D eigenvalue weighted by molar-refractivity contribution is -0.132. The van der Waals surface area contributed by atoms with E-state index in [4.69, 9.17) is 5.73 Å². The first kappa shape index (κ1) is 12.1. The van der Waals surface area contributed by atoms with Crippen molar-refractivity contribution in [2.75, 3.05) is 6.54 Å². The van der Waals surface area contributed by atoms with Crippen LogP contribution in [0.5, 0.6) is 0 Å². The summed E-state index contributed by atoms with van der Waals surface area (Å²) in [6.45, 7) is 2.71. The van der Waals surface area contributed by atoms with Crippen molar-refractivity contribution in [3.8, 4) is 0 Å². The van der Waals surface area contributed by atoms with Crippen LogP contribution in [0.2, 0.25) is 0 Å². The molecule has 17 heavy (non-hydrogen) atoms. The Hall–Kier alpha value is -1.36. The number of amides is 1. The minimum absolute atomic E-state index is 0.0716. The Bertz CT molecular complexity index is 399. The molecule has 5 nitrogen and oxygen atoms in total. The van der Waals surface area contributed by atoms with Crippen molar-refractivity contribution in [2.45, 2.75) is 38.3 Å². The maximum Gasteiger partial charge on any atom is 0.224 e. The molecule has 1 amide bonds. The van der Waals surface area contributed by atoms with Gasteiger partial charge in [-0.3, -0.25) is 9.48 Å². The van der Waals surface area contributed by atoms with E-state index in [1.54, 1.807) is 4.68 Å². The Morgan fingerprint density at radius 1 is 1.71 bits per heavy atom. The number of aryl methyl sites for hydroxylation is 1. The van der Waals surface area contributed by atoms with Crippen LogP contribution in [0.15, 0.2) is 12.4 Å². The first-order chi connectivity index (χ1) is 8.08. The highest BCUT2D eigenvalue weighted by molar-refractivity contribution is 5.77. The number of hydrogen-bond acceptors (Lipinski definition) is 3. The number of nitrogens with zero attached hydrogens (tertiary/aromatic N) is 3. The first-order valence-corrected chi connectivity index (χ1v) is 6.11. The van der Waals surface area contributed by atoms with E-state index in [1.165, 1.54) is 0 Å². The molecule has 0 aliphatic carbocycles. The average molecular weight is 236 g/mol. The maximum atomic E-state index is 12.1. The van der Waals surface area contributed by atoms with Crippen molar-refractivity contribution in [2.24, 2.45) is 12.8 Å². The standard InChI is InChI=1S/C12H20N4O/c1-9(13)6-12(17)16-5-3-4-11(16)10-7-14-15(2)8-10/h7-9,11H,3-6,13H2,1-2H3. The zero-order valence-electron chi connectivity index (χ0n) is 10.5. The van der Waals surface area contributed by atoms with Gasteiger partial charge in [-0.1, -0.05) is 0 Å². The number of aromatic nitrogens is 2. The highest BCUT2D eigenvalue weighted by atomic mass is 16.2. The Morgan fingerprint density at radius 2 is 2.47 bits per heavy atom. The Kier molecular flexibility index (Phi) is 3.47. The van der Waals surface area contributed by atoms with Gasteiger partial charge in [-0.25, -0.2) is 0 Å². The van der Waals surface area contributed by atoms with Crippen molar-refractivity contribution >= 4 is 5.91 Å². The van der Waals surface area contributed by atoms with Crippen LogP contribution in [-0.2, 0) is 11.8 Å². The van der Waals surface area contributed by atoms with E-state index in [0.717, 1.165) is 24.9 Å². The van der Waals surface area contributed by atoms with E-state index in [1.807, 2.05) is 31.3 Å². The molecule has 2 N–H and O–H groups in total. The summed E-state index contributed by atoms with van der Waals surface area (Å²) >= 11 is 0. The SMILES string of the molecule is CC(N)CC(=O)N1CCCC1c1cnn(C)c1. The van der Waals surface area contributed by atoms with Gasteiger partial charge in [0.05, 0.1) is 12.2 Å². The van der Waals surface area contributed by atoms with Crippen LogP contribution in [0.1, 0.15) is 37.8 Å². The van der Waals surface area contributed by atoms with Gasteiger partial charge < -0.3 is 10.6 Å². The zero-order valence-corrected chi connectivity index (χ0v) is 10.5. The second-order valence-electron chi connectivity index (χ2n) is 4.87. The molecule has 2 unspecified atom stereocenters. The molecule has 2 heterocycles. The maximum absolute atomic E-state index is 12.1. The molecular formula is C12H20N4O. The van der Waals surface area contributed by atoms with Crippen molar-refractivity contribution < 1.29 is 4.79 Å². The molecule has 0 radical (unpaired) electrons. The third-order valence-corrected chi connectivity index (χ3v) is 3.18. The summed E-state index contributed by atoms with van der Waals surface area (Å²) < 4.78 is 1.78. The van der Waals surface area contributed by atoms with Gasteiger partial charge in [0.15, 0.2) is 0 Å². The van der Waals surface area contributed by atoms with Crippen LogP contribution < -0.4 is 5.73 Å². The minimum Gasteiger partial charge on any atom is -0.335 e. The minimum atomic E-state index is -0.0716. The molecular weight excluding hydrogens is 216 g/mol. The molecule has 1 aliphatic rings. The number of rotatable bonds is 3. The summed E-state index contributed by atoms with van der Waals surface area (Å²) in [4.78, 5) is 14.0. The van der Waals surface area contributed by atoms with Crippen molar-refractivity contribution in [3.63, 3.8) is 0 Å². The van der Waals surface area contributed by atoms with E-state index in [-0.39, 0.29) is 18.0 Å². The molecule has 0 saturated carbocycles. The first-order valence-electron chi connectivity index (χ1n) is 6.11. The largest absolute Gasteiger partial charge is 0.335 e. The highest BCUT2D eigenvalue weighted by Crippen LogP contribution is 2.32. The summed E-state index contributed by atoms with van der Waals surface area (Å²) in [5.41, 5.74) is 6.81. The Morgan fingerprint density at radius 3 is 3.06 bits per heavy atom. The van der Waals surface area contributed by atoms with Crippen molar-refractivity contribution in [1.29, 1.82) is 0 Å². The molecule has 1 aromatic rings. The number of hydrogen-bond donors (Lipinski definition) is 1. The van der Waals surface area contributed by atoms with Crippen LogP contribution in [0, 0.1) is 0 Å². The fraction of sp³-hybridized carbons (Fsp3) is 0.667. The monoisotopic (exact) mass is 236 g/mol. The lowest BCUT2D eigenvalue weighted by Crippen LogP contribution is -2.34. The molecule has 1 fully saturated rings. The number of carbonyl (C=O) groups excluding carboxylic acids is 1.